The lowest BCUT2D eigenvalue weighted by Crippen LogP contribution is -2.36. The standard InChI is InChI=1S/C23H29N7O3/c1-12-5-6-16-15(9-12)13(2)21(33-16)20(18-19(24)23(32)28-27-22(18)25)26-14-7-8-30(10-14)17(31)11-29(3)4/h5-6,9,14H,7-8,10-11H2,1-4H3,(H,28,32)(H4,24,25,27). The van der Waals surface area contributed by atoms with Crippen LogP contribution in [0.15, 0.2) is 32.4 Å². The average Bonchev–Trinajstić information content (AvgIpc) is 3.35. The number of aryl methyl sites for hydroxylation is 2. The number of nitrogens with two attached hydrogens (primary N) is 2. The Balaban J connectivity index is 1.82. The number of likely N-dealkylation sites (tertiary alicyclic amines) is 1. The molecule has 3 aromatic rings. The molecule has 1 aromatic carbocycles. The van der Waals surface area contributed by atoms with Gasteiger partial charge >= 0.3 is 0 Å². The number of fused-ring (bicyclic) bond motifs is 1. The van der Waals surface area contributed by atoms with Crippen molar-refractivity contribution in [3.05, 3.63) is 51.0 Å². The summed E-state index contributed by atoms with van der Waals surface area (Å²) in [5, 5.41) is 7.15. The molecule has 1 unspecified atom stereocenters. The van der Waals surface area contributed by atoms with Crippen molar-refractivity contribution >= 4 is 34.1 Å². The van der Waals surface area contributed by atoms with E-state index in [2.05, 4.69) is 10.2 Å². The Hall–Kier alpha value is -3.66. The first-order valence-corrected chi connectivity index (χ1v) is 10.8. The van der Waals surface area contributed by atoms with Gasteiger partial charge in [0.05, 0.1) is 18.2 Å². The number of aliphatic imine (C=N–C) groups is 1. The fourth-order valence-corrected chi connectivity index (χ4v) is 4.15. The highest BCUT2D eigenvalue weighted by molar-refractivity contribution is 6.18. The summed E-state index contributed by atoms with van der Waals surface area (Å²) in [6.07, 6.45) is 0.678. The van der Waals surface area contributed by atoms with Crippen LogP contribution in [0.1, 0.15) is 28.9 Å². The summed E-state index contributed by atoms with van der Waals surface area (Å²) in [5.74, 6) is 0.589. The highest BCUT2D eigenvalue weighted by atomic mass is 16.3. The van der Waals surface area contributed by atoms with Gasteiger partial charge < -0.3 is 25.7 Å². The summed E-state index contributed by atoms with van der Waals surface area (Å²) in [6.45, 7) is 5.35. The minimum absolute atomic E-state index is 0.0477. The number of benzene rings is 1. The highest BCUT2D eigenvalue weighted by Crippen LogP contribution is 2.31. The van der Waals surface area contributed by atoms with Crippen LogP contribution in [-0.2, 0) is 4.79 Å². The van der Waals surface area contributed by atoms with Gasteiger partial charge in [0.2, 0.25) is 5.91 Å². The number of hydrogen-bond donors (Lipinski definition) is 3. The predicted octanol–water partition coefficient (Wildman–Crippen LogP) is 1.30. The molecule has 10 nitrogen and oxygen atoms in total. The summed E-state index contributed by atoms with van der Waals surface area (Å²) in [6, 6.07) is 5.71. The number of anilines is 2. The van der Waals surface area contributed by atoms with E-state index in [4.69, 9.17) is 20.9 Å². The number of aromatic amines is 1. The maximum Gasteiger partial charge on any atom is 0.288 e. The van der Waals surface area contributed by atoms with E-state index in [9.17, 15) is 9.59 Å². The first-order chi connectivity index (χ1) is 15.7. The minimum Gasteiger partial charge on any atom is -0.454 e. The molecule has 2 aromatic heterocycles. The van der Waals surface area contributed by atoms with Crippen LogP contribution in [0.4, 0.5) is 11.5 Å². The molecule has 33 heavy (non-hydrogen) atoms. The van der Waals surface area contributed by atoms with Gasteiger partial charge in [-0.25, -0.2) is 5.10 Å². The van der Waals surface area contributed by atoms with Crippen LogP contribution in [-0.4, -0.2) is 71.4 Å². The summed E-state index contributed by atoms with van der Waals surface area (Å²) in [4.78, 5) is 33.3. The molecule has 10 heteroatoms. The monoisotopic (exact) mass is 451 g/mol. The van der Waals surface area contributed by atoms with Crippen LogP contribution in [0.5, 0.6) is 0 Å². The molecule has 3 heterocycles. The van der Waals surface area contributed by atoms with Crippen LogP contribution in [0.25, 0.3) is 11.0 Å². The van der Waals surface area contributed by atoms with Crippen molar-refractivity contribution in [1.29, 1.82) is 0 Å². The normalized spacial score (nSPS) is 16.8. The van der Waals surface area contributed by atoms with E-state index >= 15 is 0 Å². The smallest absolute Gasteiger partial charge is 0.288 e. The minimum atomic E-state index is -0.550. The van der Waals surface area contributed by atoms with E-state index in [0.29, 0.717) is 43.1 Å². The Kier molecular flexibility index (Phi) is 5.94. The second-order valence-electron chi connectivity index (χ2n) is 8.78. The zero-order valence-electron chi connectivity index (χ0n) is 19.3. The molecule has 0 saturated carbocycles. The molecule has 1 amide bonds. The third kappa shape index (κ3) is 4.34. The van der Waals surface area contributed by atoms with E-state index < -0.39 is 5.56 Å². The van der Waals surface area contributed by atoms with Gasteiger partial charge in [0, 0.05) is 24.0 Å². The van der Waals surface area contributed by atoms with Crippen molar-refractivity contribution in [3.63, 3.8) is 0 Å². The number of nitrogens with zero attached hydrogens (tertiary/aromatic N) is 4. The lowest BCUT2D eigenvalue weighted by atomic mass is 10.0. The Morgan fingerprint density at radius 2 is 2.09 bits per heavy atom. The number of hydrogen-bond acceptors (Lipinski definition) is 8. The van der Waals surface area contributed by atoms with Crippen LogP contribution in [0.2, 0.25) is 0 Å². The van der Waals surface area contributed by atoms with Crippen molar-refractivity contribution < 1.29 is 9.21 Å². The summed E-state index contributed by atoms with van der Waals surface area (Å²) >= 11 is 0. The quantitative estimate of drug-likeness (QED) is 0.495. The van der Waals surface area contributed by atoms with E-state index in [1.165, 1.54) is 0 Å². The number of rotatable bonds is 5. The topological polar surface area (TPSA) is 147 Å². The first kappa shape index (κ1) is 22.5. The number of aromatic nitrogens is 2. The van der Waals surface area contributed by atoms with Crippen LogP contribution < -0.4 is 17.0 Å². The van der Waals surface area contributed by atoms with E-state index in [1.807, 2.05) is 51.0 Å². The van der Waals surface area contributed by atoms with Crippen molar-refractivity contribution in [2.24, 2.45) is 4.99 Å². The number of likely N-dealkylation sites (N-methyl/N-ethyl adjacent to an activating group) is 1. The van der Waals surface area contributed by atoms with Gasteiger partial charge in [0.15, 0.2) is 11.6 Å². The van der Waals surface area contributed by atoms with E-state index in [1.54, 1.807) is 4.90 Å². The van der Waals surface area contributed by atoms with Gasteiger partial charge in [0.25, 0.3) is 5.56 Å². The SMILES string of the molecule is Cc1ccc2oc(C(=NC3CCN(C(=O)CN(C)C)C3)c3c(N)n[nH]c(=O)c3N)c(C)c2c1. The Morgan fingerprint density at radius 3 is 2.82 bits per heavy atom. The number of furan rings is 1. The summed E-state index contributed by atoms with van der Waals surface area (Å²) in [5.41, 5.74) is 14.9. The number of carbonyl (C=O) groups is 1. The van der Waals surface area contributed by atoms with Gasteiger partial charge in [-0.2, -0.15) is 5.10 Å². The highest BCUT2D eigenvalue weighted by Gasteiger charge is 2.29. The third-order valence-corrected chi connectivity index (χ3v) is 5.87. The van der Waals surface area contributed by atoms with Crippen LogP contribution in [0.3, 0.4) is 0 Å². The average molecular weight is 452 g/mol. The van der Waals surface area contributed by atoms with Gasteiger partial charge in [-0.15, -0.1) is 0 Å². The largest absolute Gasteiger partial charge is 0.454 e. The molecule has 174 valence electrons. The summed E-state index contributed by atoms with van der Waals surface area (Å²) < 4.78 is 6.19. The van der Waals surface area contributed by atoms with Crippen LogP contribution in [0, 0.1) is 13.8 Å². The fourth-order valence-electron chi connectivity index (χ4n) is 4.15. The Morgan fingerprint density at radius 1 is 1.33 bits per heavy atom. The molecule has 1 fully saturated rings. The predicted molar refractivity (Wildman–Crippen MR) is 129 cm³/mol. The number of nitrogens with one attached hydrogen (secondary N) is 1. The fraction of sp³-hybridized carbons (Fsp3) is 0.391. The maximum atomic E-state index is 12.5. The molecule has 0 aliphatic carbocycles. The molecule has 1 aliphatic heterocycles. The number of nitrogen functional groups attached to an aromatic ring is 2. The molecule has 5 N–H and O–H groups in total. The number of carbonyl (C=O) groups excluding carboxylic acids is 1. The van der Waals surface area contributed by atoms with Crippen molar-refractivity contribution in [3.8, 4) is 0 Å². The zero-order chi connectivity index (χ0) is 23.9. The number of amides is 1. The van der Waals surface area contributed by atoms with Gasteiger partial charge in [-0.3, -0.25) is 14.6 Å². The second kappa shape index (κ2) is 8.70. The lowest BCUT2D eigenvalue weighted by Gasteiger charge is -2.18. The van der Waals surface area contributed by atoms with Crippen molar-refractivity contribution in [2.75, 3.05) is 45.2 Å². The third-order valence-electron chi connectivity index (χ3n) is 5.87. The van der Waals surface area contributed by atoms with Gasteiger partial charge in [-0.05, 0) is 46.5 Å². The van der Waals surface area contributed by atoms with Crippen molar-refractivity contribution in [1.82, 2.24) is 20.0 Å². The number of H-pyrrole nitrogens is 1. The zero-order valence-corrected chi connectivity index (χ0v) is 19.3. The molecular formula is C23H29N7O3. The lowest BCUT2D eigenvalue weighted by molar-refractivity contribution is -0.130. The molecule has 1 aliphatic rings. The summed E-state index contributed by atoms with van der Waals surface area (Å²) in [7, 11) is 3.72. The first-order valence-electron chi connectivity index (χ1n) is 10.8. The van der Waals surface area contributed by atoms with E-state index in [0.717, 1.165) is 16.5 Å². The molecule has 1 saturated heterocycles. The Labute approximate surface area is 191 Å². The molecule has 0 spiro atoms. The van der Waals surface area contributed by atoms with Crippen molar-refractivity contribution in [2.45, 2.75) is 26.3 Å². The molecule has 1 atom stereocenters. The van der Waals surface area contributed by atoms with E-state index in [-0.39, 0.29) is 29.0 Å². The molecular weight excluding hydrogens is 422 g/mol. The second-order valence-corrected chi connectivity index (χ2v) is 8.78. The van der Waals surface area contributed by atoms with Crippen LogP contribution >= 0.6 is 0 Å². The Bertz CT molecular complexity index is 1310. The molecule has 4 rings (SSSR count). The van der Waals surface area contributed by atoms with Gasteiger partial charge in [-0.1, -0.05) is 11.6 Å². The molecule has 0 bridgehead atoms. The molecule has 0 radical (unpaired) electrons. The maximum absolute atomic E-state index is 12.5. The van der Waals surface area contributed by atoms with Gasteiger partial charge in [0.1, 0.15) is 17.0 Å².